The molecule has 1 aliphatic heterocycles. The average molecular weight is 499 g/mol. The minimum Gasteiger partial charge on any atom is -0.508 e. The third-order valence-corrected chi connectivity index (χ3v) is 7.93. The zero-order valence-corrected chi connectivity index (χ0v) is 21.5. The number of phenolic OH excluding ortho intramolecular Hbond substituents is 1. The summed E-state index contributed by atoms with van der Waals surface area (Å²) >= 11 is 0. The maximum absolute atomic E-state index is 13.6. The van der Waals surface area contributed by atoms with E-state index < -0.39 is 13.7 Å². The van der Waals surface area contributed by atoms with Crippen LogP contribution in [0.3, 0.4) is 0 Å². The van der Waals surface area contributed by atoms with Crippen LogP contribution in [0, 0.1) is 19.7 Å². The normalized spacial score (nSPS) is 20.2. The highest BCUT2D eigenvalue weighted by Crippen LogP contribution is 2.56. The fraction of sp³-hybridized carbons (Fsp3) is 0.357. The van der Waals surface area contributed by atoms with Crippen molar-refractivity contribution in [2.45, 2.75) is 52.6 Å². The van der Waals surface area contributed by atoms with Gasteiger partial charge in [0.1, 0.15) is 17.3 Å². The van der Waals surface area contributed by atoms with Crippen molar-refractivity contribution in [1.29, 1.82) is 0 Å². The maximum Gasteiger partial charge on any atom is 0.368 e. The molecular weight excluding hydrogens is 466 g/mol. The van der Waals surface area contributed by atoms with Gasteiger partial charge in [-0.25, -0.2) is 4.39 Å². The number of halogens is 1. The molecule has 3 aromatic rings. The molecule has 186 valence electrons. The van der Waals surface area contributed by atoms with Gasteiger partial charge < -0.3 is 14.4 Å². The quantitative estimate of drug-likeness (QED) is 0.340. The SMILES string of the molecule is Cc1cc(OC[P@@]2(=O)OCC[C@@H](c3cccc(F)c3)O2)cc(C)c1Cc1ccc(O)c(C(C)C)c1. The molecule has 1 fully saturated rings. The Kier molecular flexibility index (Phi) is 7.65. The van der Waals surface area contributed by atoms with Crippen molar-refractivity contribution in [3.63, 3.8) is 0 Å². The minimum atomic E-state index is -3.50. The number of phenols is 1. The van der Waals surface area contributed by atoms with E-state index in [0.29, 0.717) is 23.5 Å². The van der Waals surface area contributed by atoms with Crippen molar-refractivity contribution in [3.05, 3.63) is 93.8 Å². The molecule has 0 bridgehead atoms. The van der Waals surface area contributed by atoms with E-state index in [4.69, 9.17) is 13.8 Å². The van der Waals surface area contributed by atoms with Gasteiger partial charge in [0.05, 0.1) is 12.7 Å². The molecule has 0 unspecified atom stereocenters. The molecule has 0 radical (unpaired) electrons. The lowest BCUT2D eigenvalue weighted by molar-refractivity contribution is 0.0723. The Morgan fingerprint density at radius 2 is 1.86 bits per heavy atom. The molecular formula is C28H32FO5P. The largest absolute Gasteiger partial charge is 0.508 e. The molecule has 0 spiro atoms. The van der Waals surface area contributed by atoms with Crippen molar-refractivity contribution in [2.24, 2.45) is 0 Å². The highest BCUT2D eigenvalue weighted by Gasteiger charge is 2.35. The molecule has 1 N–H and O–H groups in total. The molecule has 2 atom stereocenters. The molecule has 35 heavy (non-hydrogen) atoms. The van der Waals surface area contributed by atoms with Crippen molar-refractivity contribution in [1.82, 2.24) is 0 Å². The monoisotopic (exact) mass is 498 g/mol. The van der Waals surface area contributed by atoms with E-state index in [-0.39, 0.29) is 24.7 Å². The summed E-state index contributed by atoms with van der Waals surface area (Å²) in [5.41, 5.74) is 6.00. The van der Waals surface area contributed by atoms with Gasteiger partial charge in [-0.2, -0.15) is 0 Å². The Labute approximate surface area is 206 Å². The van der Waals surface area contributed by atoms with E-state index in [9.17, 15) is 14.1 Å². The second-order valence-electron chi connectivity index (χ2n) is 9.42. The Morgan fingerprint density at radius 1 is 1.11 bits per heavy atom. The van der Waals surface area contributed by atoms with Crippen LogP contribution in [0.1, 0.15) is 65.7 Å². The summed E-state index contributed by atoms with van der Waals surface area (Å²) in [5.74, 6) is 0.790. The van der Waals surface area contributed by atoms with E-state index >= 15 is 0 Å². The molecule has 1 saturated heterocycles. The molecule has 5 nitrogen and oxygen atoms in total. The lowest BCUT2D eigenvalue weighted by Gasteiger charge is -2.30. The highest BCUT2D eigenvalue weighted by molar-refractivity contribution is 7.53. The summed E-state index contributed by atoms with van der Waals surface area (Å²) in [7, 11) is -3.50. The second kappa shape index (κ2) is 10.5. The van der Waals surface area contributed by atoms with Crippen molar-refractivity contribution >= 4 is 7.60 Å². The van der Waals surface area contributed by atoms with Crippen LogP contribution in [0.25, 0.3) is 0 Å². The number of ether oxygens (including phenoxy) is 1. The molecule has 1 heterocycles. The number of hydrogen-bond donors (Lipinski definition) is 1. The first-order valence-corrected chi connectivity index (χ1v) is 13.6. The zero-order chi connectivity index (χ0) is 25.2. The fourth-order valence-corrected chi connectivity index (χ4v) is 5.93. The van der Waals surface area contributed by atoms with Gasteiger partial charge in [0.25, 0.3) is 0 Å². The predicted molar refractivity (Wildman–Crippen MR) is 135 cm³/mol. The van der Waals surface area contributed by atoms with Crippen LogP contribution in [0.5, 0.6) is 11.5 Å². The van der Waals surface area contributed by atoms with Gasteiger partial charge in [-0.15, -0.1) is 0 Å². The molecule has 0 amide bonds. The Hall–Kier alpha value is -2.66. The first-order chi connectivity index (χ1) is 16.6. The van der Waals surface area contributed by atoms with Gasteiger partial charge in [0.2, 0.25) is 0 Å². The third kappa shape index (κ3) is 6.13. The van der Waals surface area contributed by atoms with Crippen LogP contribution in [-0.4, -0.2) is 18.1 Å². The molecule has 1 aliphatic rings. The molecule has 0 saturated carbocycles. The van der Waals surface area contributed by atoms with E-state index in [1.165, 1.54) is 17.7 Å². The van der Waals surface area contributed by atoms with Gasteiger partial charge in [-0.3, -0.25) is 9.09 Å². The molecule has 4 rings (SSSR count). The number of aromatic hydroxyl groups is 1. The van der Waals surface area contributed by atoms with E-state index in [2.05, 4.69) is 19.9 Å². The fourth-order valence-electron chi connectivity index (χ4n) is 4.43. The van der Waals surface area contributed by atoms with Crippen LogP contribution in [0.4, 0.5) is 4.39 Å². The van der Waals surface area contributed by atoms with Crippen molar-refractivity contribution in [3.8, 4) is 11.5 Å². The lowest BCUT2D eigenvalue weighted by atomic mass is 9.93. The van der Waals surface area contributed by atoms with E-state index in [1.807, 2.05) is 32.0 Å². The van der Waals surface area contributed by atoms with Gasteiger partial charge in [-0.05, 0) is 89.9 Å². The van der Waals surface area contributed by atoms with E-state index in [0.717, 1.165) is 28.7 Å². The smallest absolute Gasteiger partial charge is 0.368 e. The summed E-state index contributed by atoms with van der Waals surface area (Å²) in [4.78, 5) is 0. The summed E-state index contributed by atoms with van der Waals surface area (Å²) in [5, 5.41) is 10.1. The molecule has 7 heteroatoms. The standard InChI is InChI=1S/C28H32FO5P/c1-18(2)25-14-21(8-9-27(25)30)15-26-19(3)12-24(13-20(26)4)32-17-35(31)33-11-10-28(34-35)22-6-5-7-23(29)16-22/h5-9,12-14,16,18,28,30H,10-11,15,17H2,1-4H3/t28-,35+/m0/s1. The summed E-state index contributed by atoms with van der Waals surface area (Å²) < 4.78 is 43.9. The zero-order valence-electron chi connectivity index (χ0n) is 20.6. The highest BCUT2D eigenvalue weighted by atomic mass is 31.2. The van der Waals surface area contributed by atoms with Crippen LogP contribution in [-0.2, 0) is 20.0 Å². The summed E-state index contributed by atoms with van der Waals surface area (Å²) in [6.45, 7) is 8.42. The maximum atomic E-state index is 13.6. The van der Waals surface area contributed by atoms with Crippen LogP contribution >= 0.6 is 7.60 Å². The van der Waals surface area contributed by atoms with Crippen LogP contribution < -0.4 is 4.74 Å². The van der Waals surface area contributed by atoms with Gasteiger partial charge in [0.15, 0.2) is 6.35 Å². The summed E-state index contributed by atoms with van der Waals surface area (Å²) in [6.07, 6.45) is 0.515. The number of benzene rings is 3. The van der Waals surface area contributed by atoms with Crippen LogP contribution in [0.15, 0.2) is 54.6 Å². The van der Waals surface area contributed by atoms with Crippen molar-refractivity contribution < 1.29 is 27.8 Å². The Bertz CT molecular complexity index is 1230. The Balaban J connectivity index is 1.45. The first kappa shape index (κ1) is 25.4. The number of rotatable bonds is 7. The average Bonchev–Trinajstić information content (AvgIpc) is 2.81. The molecule has 3 aromatic carbocycles. The molecule has 0 aliphatic carbocycles. The predicted octanol–water partition coefficient (Wildman–Crippen LogP) is 7.57. The van der Waals surface area contributed by atoms with E-state index in [1.54, 1.807) is 18.2 Å². The van der Waals surface area contributed by atoms with Gasteiger partial charge in [-0.1, -0.05) is 38.1 Å². The van der Waals surface area contributed by atoms with Gasteiger partial charge in [0, 0.05) is 6.42 Å². The third-order valence-electron chi connectivity index (χ3n) is 6.33. The number of hydrogen-bond acceptors (Lipinski definition) is 5. The molecule has 0 aromatic heterocycles. The second-order valence-corrected chi connectivity index (χ2v) is 11.4. The first-order valence-electron chi connectivity index (χ1n) is 11.9. The Morgan fingerprint density at radius 3 is 2.54 bits per heavy atom. The van der Waals surface area contributed by atoms with Crippen LogP contribution in [0.2, 0.25) is 0 Å². The van der Waals surface area contributed by atoms with Crippen molar-refractivity contribution in [2.75, 3.05) is 13.0 Å². The number of aryl methyl sites for hydroxylation is 2. The summed E-state index contributed by atoms with van der Waals surface area (Å²) in [6, 6.07) is 15.7. The topological polar surface area (TPSA) is 65.0 Å². The van der Waals surface area contributed by atoms with Gasteiger partial charge >= 0.3 is 7.60 Å². The minimum absolute atomic E-state index is 0.216. The lowest BCUT2D eigenvalue weighted by Crippen LogP contribution is -2.17.